The minimum Gasteiger partial charge on any atom is -0.480 e. The summed E-state index contributed by atoms with van der Waals surface area (Å²) < 4.78 is 0. The van der Waals surface area contributed by atoms with Crippen molar-refractivity contribution in [3.8, 4) is 0 Å². The summed E-state index contributed by atoms with van der Waals surface area (Å²) in [5, 5.41) is 12.0. The molecule has 1 aliphatic rings. The van der Waals surface area contributed by atoms with Gasteiger partial charge in [-0.1, -0.05) is 30.3 Å². The molecule has 5 heteroatoms. The summed E-state index contributed by atoms with van der Waals surface area (Å²) in [4.78, 5) is 24.8. The Kier molecular flexibility index (Phi) is 4.74. The predicted octanol–water partition coefficient (Wildman–Crippen LogP) is 1.41. The third kappa shape index (κ3) is 3.57. The number of amides is 1. The number of nitrogens with zero attached hydrogens (tertiary/aromatic N) is 1. The number of benzene rings is 1. The van der Waals surface area contributed by atoms with E-state index in [1.54, 1.807) is 4.90 Å². The van der Waals surface area contributed by atoms with Gasteiger partial charge in [0, 0.05) is 0 Å². The Labute approximate surface area is 118 Å². The summed E-state index contributed by atoms with van der Waals surface area (Å²) >= 11 is 0. The summed E-state index contributed by atoms with van der Waals surface area (Å²) in [6.07, 6.45) is 1.45. The van der Waals surface area contributed by atoms with E-state index in [9.17, 15) is 9.59 Å². The van der Waals surface area contributed by atoms with E-state index < -0.39 is 12.0 Å². The second-order valence-corrected chi connectivity index (χ2v) is 5.17. The van der Waals surface area contributed by atoms with Crippen LogP contribution in [0.1, 0.15) is 31.4 Å². The number of hydrogen-bond acceptors (Lipinski definition) is 3. The van der Waals surface area contributed by atoms with Crippen LogP contribution < -0.4 is 5.32 Å². The number of likely N-dealkylation sites (tertiary alicyclic amines) is 1. The number of carboxylic acids is 1. The van der Waals surface area contributed by atoms with E-state index in [0.29, 0.717) is 13.0 Å². The van der Waals surface area contributed by atoms with Gasteiger partial charge >= 0.3 is 5.97 Å². The van der Waals surface area contributed by atoms with E-state index in [4.69, 9.17) is 5.11 Å². The molecule has 0 aliphatic carbocycles. The van der Waals surface area contributed by atoms with E-state index >= 15 is 0 Å². The van der Waals surface area contributed by atoms with Gasteiger partial charge < -0.3 is 10.4 Å². The Morgan fingerprint density at radius 2 is 2.10 bits per heavy atom. The molecule has 0 spiro atoms. The lowest BCUT2D eigenvalue weighted by molar-refractivity contribution is -0.142. The van der Waals surface area contributed by atoms with Crippen molar-refractivity contribution < 1.29 is 14.7 Å². The first-order chi connectivity index (χ1) is 9.58. The van der Waals surface area contributed by atoms with Gasteiger partial charge in [0.1, 0.15) is 6.04 Å². The fourth-order valence-corrected chi connectivity index (χ4v) is 2.59. The minimum atomic E-state index is -0.841. The van der Waals surface area contributed by atoms with Crippen LogP contribution in [0.25, 0.3) is 0 Å². The molecular weight excluding hydrogens is 256 g/mol. The van der Waals surface area contributed by atoms with Crippen LogP contribution in [0.4, 0.5) is 0 Å². The van der Waals surface area contributed by atoms with Crippen LogP contribution in [0.5, 0.6) is 0 Å². The second kappa shape index (κ2) is 6.52. The SMILES string of the molecule is CC(NC(=O)CN1CCC[C@H]1C(=O)O)c1ccccc1. The van der Waals surface area contributed by atoms with Gasteiger partial charge in [-0.15, -0.1) is 0 Å². The number of rotatable bonds is 5. The van der Waals surface area contributed by atoms with Crippen LogP contribution in [-0.4, -0.2) is 41.0 Å². The first-order valence-corrected chi connectivity index (χ1v) is 6.89. The molecule has 1 aromatic rings. The maximum Gasteiger partial charge on any atom is 0.320 e. The third-order valence-corrected chi connectivity index (χ3v) is 3.67. The number of aliphatic carboxylic acids is 1. The Balaban J connectivity index is 1.88. The van der Waals surface area contributed by atoms with Crippen molar-refractivity contribution in [1.29, 1.82) is 0 Å². The highest BCUT2D eigenvalue weighted by molar-refractivity contribution is 5.80. The number of carboxylic acid groups (broad SMARTS) is 1. The molecule has 1 unspecified atom stereocenters. The summed E-state index contributed by atoms with van der Waals surface area (Å²) in [7, 11) is 0. The van der Waals surface area contributed by atoms with Crippen molar-refractivity contribution in [3.05, 3.63) is 35.9 Å². The van der Waals surface area contributed by atoms with Gasteiger partial charge in [-0.25, -0.2) is 0 Å². The molecule has 1 saturated heterocycles. The molecule has 0 aromatic heterocycles. The Morgan fingerprint density at radius 1 is 1.40 bits per heavy atom. The molecule has 2 N–H and O–H groups in total. The van der Waals surface area contributed by atoms with E-state index in [-0.39, 0.29) is 18.5 Å². The van der Waals surface area contributed by atoms with Gasteiger partial charge in [0.25, 0.3) is 0 Å². The topological polar surface area (TPSA) is 69.6 Å². The summed E-state index contributed by atoms with van der Waals surface area (Å²) in [5.74, 6) is -0.971. The first-order valence-electron chi connectivity index (χ1n) is 6.89. The number of carbonyl (C=O) groups is 2. The zero-order chi connectivity index (χ0) is 14.5. The van der Waals surface area contributed by atoms with Crippen molar-refractivity contribution in [2.24, 2.45) is 0 Å². The number of hydrogen-bond donors (Lipinski definition) is 2. The van der Waals surface area contributed by atoms with Crippen LogP contribution in [0, 0.1) is 0 Å². The lowest BCUT2D eigenvalue weighted by atomic mass is 10.1. The van der Waals surface area contributed by atoms with Gasteiger partial charge in [0.15, 0.2) is 0 Å². The van der Waals surface area contributed by atoms with Crippen molar-refractivity contribution in [3.63, 3.8) is 0 Å². The second-order valence-electron chi connectivity index (χ2n) is 5.17. The highest BCUT2D eigenvalue weighted by atomic mass is 16.4. The van der Waals surface area contributed by atoms with Crippen molar-refractivity contribution in [2.45, 2.75) is 31.8 Å². The lowest BCUT2D eigenvalue weighted by Gasteiger charge is -2.22. The fourth-order valence-electron chi connectivity index (χ4n) is 2.59. The molecule has 1 fully saturated rings. The van der Waals surface area contributed by atoms with Gasteiger partial charge in [-0.3, -0.25) is 14.5 Å². The lowest BCUT2D eigenvalue weighted by Crippen LogP contribution is -2.43. The summed E-state index contributed by atoms with van der Waals surface area (Å²) in [6, 6.07) is 9.11. The molecule has 1 heterocycles. The van der Waals surface area contributed by atoms with E-state index in [2.05, 4.69) is 5.32 Å². The average molecular weight is 276 g/mol. The molecule has 108 valence electrons. The number of carbonyl (C=O) groups excluding carboxylic acids is 1. The Hall–Kier alpha value is -1.88. The van der Waals surface area contributed by atoms with Gasteiger partial charge in [0.2, 0.25) is 5.91 Å². The maximum atomic E-state index is 12.0. The van der Waals surface area contributed by atoms with Gasteiger partial charge in [0.05, 0.1) is 12.6 Å². The van der Waals surface area contributed by atoms with Crippen LogP contribution in [-0.2, 0) is 9.59 Å². The molecule has 1 aliphatic heterocycles. The summed E-state index contributed by atoms with van der Waals surface area (Å²) in [5.41, 5.74) is 1.04. The zero-order valence-electron chi connectivity index (χ0n) is 11.6. The standard InChI is InChI=1S/C15H20N2O3/c1-11(12-6-3-2-4-7-12)16-14(18)10-17-9-5-8-13(17)15(19)20/h2-4,6-7,11,13H,5,8-10H2,1H3,(H,16,18)(H,19,20)/t11?,13-/m0/s1. The molecule has 20 heavy (non-hydrogen) atoms. The largest absolute Gasteiger partial charge is 0.480 e. The Bertz CT molecular complexity index is 475. The first kappa shape index (κ1) is 14.5. The molecule has 2 atom stereocenters. The molecular formula is C15H20N2O3. The molecule has 1 aromatic carbocycles. The van der Waals surface area contributed by atoms with Crippen molar-refractivity contribution in [2.75, 3.05) is 13.1 Å². The highest BCUT2D eigenvalue weighted by Crippen LogP contribution is 2.17. The average Bonchev–Trinajstić information content (AvgIpc) is 2.87. The van der Waals surface area contributed by atoms with Gasteiger partial charge in [-0.2, -0.15) is 0 Å². The van der Waals surface area contributed by atoms with Gasteiger partial charge in [-0.05, 0) is 31.9 Å². The van der Waals surface area contributed by atoms with Crippen molar-refractivity contribution in [1.82, 2.24) is 10.2 Å². The molecule has 0 bridgehead atoms. The molecule has 5 nitrogen and oxygen atoms in total. The maximum absolute atomic E-state index is 12.0. The highest BCUT2D eigenvalue weighted by Gasteiger charge is 2.31. The Morgan fingerprint density at radius 3 is 2.75 bits per heavy atom. The fraction of sp³-hybridized carbons (Fsp3) is 0.467. The summed E-state index contributed by atoms with van der Waals surface area (Å²) in [6.45, 7) is 2.74. The predicted molar refractivity (Wildman–Crippen MR) is 75.2 cm³/mol. The quantitative estimate of drug-likeness (QED) is 0.853. The zero-order valence-corrected chi connectivity index (χ0v) is 11.6. The smallest absolute Gasteiger partial charge is 0.320 e. The van der Waals surface area contributed by atoms with E-state index in [1.165, 1.54) is 0 Å². The normalized spacial score (nSPS) is 20.6. The van der Waals surface area contributed by atoms with E-state index in [1.807, 2.05) is 37.3 Å². The minimum absolute atomic E-state index is 0.0745. The van der Waals surface area contributed by atoms with Crippen LogP contribution in [0.15, 0.2) is 30.3 Å². The van der Waals surface area contributed by atoms with Crippen LogP contribution in [0.3, 0.4) is 0 Å². The molecule has 0 saturated carbocycles. The van der Waals surface area contributed by atoms with Crippen molar-refractivity contribution >= 4 is 11.9 Å². The molecule has 0 radical (unpaired) electrons. The third-order valence-electron chi connectivity index (χ3n) is 3.67. The monoisotopic (exact) mass is 276 g/mol. The number of nitrogens with one attached hydrogen (secondary N) is 1. The van der Waals surface area contributed by atoms with E-state index in [0.717, 1.165) is 12.0 Å². The molecule has 1 amide bonds. The van der Waals surface area contributed by atoms with Crippen LogP contribution in [0.2, 0.25) is 0 Å². The van der Waals surface area contributed by atoms with Crippen LogP contribution >= 0.6 is 0 Å². The molecule has 2 rings (SSSR count).